The molecular weight excluding hydrogens is 452 g/mol. The number of carbonyl (C=O) groups excluding carboxylic acids is 4. The van der Waals surface area contributed by atoms with Crippen molar-refractivity contribution in [3.05, 3.63) is 59.2 Å². The van der Waals surface area contributed by atoms with Crippen molar-refractivity contribution >= 4 is 45.2 Å². The van der Waals surface area contributed by atoms with E-state index in [0.29, 0.717) is 5.56 Å². The number of fused-ring (bicyclic) bond motifs is 2. The second-order valence-electron chi connectivity index (χ2n) is 7.22. The fraction of sp³-hybridized carbons (Fsp3) is 0.190. The summed E-state index contributed by atoms with van der Waals surface area (Å²) in [6, 6.07) is 10.6. The Labute approximate surface area is 188 Å². The Morgan fingerprint density at radius 2 is 1.79 bits per heavy atom. The van der Waals surface area contributed by atoms with Crippen molar-refractivity contribution in [1.82, 2.24) is 9.62 Å². The summed E-state index contributed by atoms with van der Waals surface area (Å²) in [5.41, 5.74) is 1.14. The molecule has 2 aromatic rings. The second kappa shape index (κ2) is 8.47. The number of anilines is 1. The summed E-state index contributed by atoms with van der Waals surface area (Å²) in [7, 11) is -2.29. The lowest BCUT2D eigenvalue weighted by Gasteiger charge is -2.07. The number of ether oxygens (including phenoxy) is 1. The highest BCUT2D eigenvalue weighted by Gasteiger charge is 2.33. The summed E-state index contributed by atoms with van der Waals surface area (Å²) in [4.78, 5) is 53.1. The molecule has 0 spiro atoms. The van der Waals surface area contributed by atoms with Crippen LogP contribution in [-0.4, -0.2) is 63.0 Å². The predicted octanol–water partition coefficient (Wildman–Crippen LogP) is 0.523. The van der Waals surface area contributed by atoms with Crippen molar-refractivity contribution in [3.8, 4) is 0 Å². The van der Waals surface area contributed by atoms with Crippen molar-refractivity contribution in [2.45, 2.75) is 11.3 Å². The lowest BCUT2D eigenvalue weighted by atomic mass is 10.1. The van der Waals surface area contributed by atoms with Gasteiger partial charge in [-0.05, 0) is 30.3 Å². The minimum absolute atomic E-state index is 0.0406. The Balaban J connectivity index is 1.27. The summed E-state index contributed by atoms with van der Waals surface area (Å²) < 4.78 is 31.3. The van der Waals surface area contributed by atoms with Gasteiger partial charge in [0.05, 0.1) is 29.0 Å². The van der Waals surface area contributed by atoms with Gasteiger partial charge in [-0.25, -0.2) is 8.42 Å². The number of sulfonamides is 1. The standard InChI is InChI=1S/C21H18N4O7S/c1-25-20(28)13-7-6-12(10-15(13)21(25)29)23-17(26)11-32-18(27)8-9-22-19-14-4-2-3-5-16(14)33(30,31)24-19/h2-7,10H,8-9,11H2,1H3,(H,22,24)(H,23,26). The third-order valence-corrected chi connectivity index (χ3v) is 6.38. The second-order valence-corrected chi connectivity index (χ2v) is 8.87. The van der Waals surface area contributed by atoms with E-state index in [2.05, 4.69) is 15.0 Å². The van der Waals surface area contributed by atoms with Gasteiger partial charge in [0.2, 0.25) is 0 Å². The molecule has 0 unspecified atom stereocenters. The van der Waals surface area contributed by atoms with Crippen LogP contribution < -0.4 is 10.0 Å². The van der Waals surface area contributed by atoms with Gasteiger partial charge in [0.25, 0.3) is 27.7 Å². The lowest BCUT2D eigenvalue weighted by Crippen LogP contribution is -2.24. The number of nitrogens with one attached hydrogen (secondary N) is 2. The number of esters is 1. The zero-order chi connectivity index (χ0) is 23.8. The van der Waals surface area contributed by atoms with Crippen LogP contribution in [0.3, 0.4) is 0 Å². The number of benzene rings is 2. The molecule has 0 radical (unpaired) electrons. The van der Waals surface area contributed by atoms with Crippen LogP contribution in [0, 0.1) is 0 Å². The molecule has 33 heavy (non-hydrogen) atoms. The van der Waals surface area contributed by atoms with Crippen LogP contribution in [0.1, 0.15) is 32.7 Å². The Morgan fingerprint density at radius 1 is 1.06 bits per heavy atom. The molecule has 0 aromatic heterocycles. The smallest absolute Gasteiger partial charge is 0.308 e. The van der Waals surface area contributed by atoms with Crippen LogP contribution in [0.5, 0.6) is 0 Å². The van der Waals surface area contributed by atoms with E-state index in [1.54, 1.807) is 18.2 Å². The molecule has 2 aliphatic rings. The Kier molecular flexibility index (Phi) is 5.68. The van der Waals surface area contributed by atoms with E-state index in [0.717, 1.165) is 4.90 Å². The number of amides is 3. The maximum atomic E-state index is 12.1. The lowest BCUT2D eigenvalue weighted by molar-refractivity contribution is -0.147. The zero-order valence-corrected chi connectivity index (χ0v) is 18.1. The van der Waals surface area contributed by atoms with Gasteiger partial charge in [0.1, 0.15) is 5.84 Å². The maximum Gasteiger partial charge on any atom is 0.308 e. The first-order valence-electron chi connectivity index (χ1n) is 9.76. The summed E-state index contributed by atoms with van der Waals surface area (Å²) in [5, 5.41) is 2.50. The summed E-state index contributed by atoms with van der Waals surface area (Å²) in [5.74, 6) is -2.06. The van der Waals surface area contributed by atoms with Crippen molar-refractivity contribution in [2.75, 3.05) is 25.5 Å². The van der Waals surface area contributed by atoms with Crippen LogP contribution in [0.4, 0.5) is 5.69 Å². The highest BCUT2D eigenvalue weighted by molar-refractivity contribution is 7.90. The largest absolute Gasteiger partial charge is 0.456 e. The van der Waals surface area contributed by atoms with Gasteiger partial charge in [-0.1, -0.05) is 12.1 Å². The predicted molar refractivity (Wildman–Crippen MR) is 115 cm³/mol. The molecule has 2 aliphatic heterocycles. The number of hydrogen-bond donors (Lipinski definition) is 2. The monoisotopic (exact) mass is 470 g/mol. The fourth-order valence-electron chi connectivity index (χ4n) is 3.36. The molecule has 3 amide bonds. The molecule has 0 saturated carbocycles. The number of imide groups is 1. The Morgan fingerprint density at radius 3 is 2.58 bits per heavy atom. The quantitative estimate of drug-likeness (QED) is 0.461. The molecule has 2 heterocycles. The highest BCUT2D eigenvalue weighted by atomic mass is 32.2. The average molecular weight is 470 g/mol. The van der Waals surface area contributed by atoms with Gasteiger partial charge in [-0.3, -0.25) is 33.8 Å². The Hall–Kier alpha value is -4.06. The van der Waals surface area contributed by atoms with Crippen LogP contribution in [0.15, 0.2) is 52.4 Å². The molecule has 0 bridgehead atoms. The SMILES string of the molecule is CN1C(=O)c2ccc(NC(=O)COC(=O)CCN=C3NS(=O)(=O)c4ccccc43)cc2C1=O. The topological polar surface area (TPSA) is 151 Å². The van der Waals surface area contributed by atoms with Gasteiger partial charge in [-0.15, -0.1) is 0 Å². The van der Waals surface area contributed by atoms with Crippen molar-refractivity contribution in [2.24, 2.45) is 4.99 Å². The molecular formula is C21H18N4O7S. The van der Waals surface area contributed by atoms with Gasteiger partial charge in [0, 0.05) is 18.3 Å². The van der Waals surface area contributed by atoms with Crippen LogP contribution in [0.25, 0.3) is 0 Å². The van der Waals surface area contributed by atoms with Crippen LogP contribution in [-0.2, 0) is 24.3 Å². The van der Waals surface area contributed by atoms with E-state index in [1.165, 1.54) is 31.3 Å². The molecule has 0 aliphatic carbocycles. The van der Waals surface area contributed by atoms with E-state index in [1.807, 2.05) is 0 Å². The molecule has 12 heteroatoms. The first-order chi connectivity index (χ1) is 15.7. The van der Waals surface area contributed by atoms with E-state index in [-0.39, 0.29) is 40.5 Å². The number of amidine groups is 1. The number of carbonyl (C=O) groups is 4. The molecule has 2 N–H and O–H groups in total. The van der Waals surface area contributed by atoms with E-state index in [4.69, 9.17) is 4.74 Å². The van der Waals surface area contributed by atoms with Gasteiger partial charge in [-0.2, -0.15) is 0 Å². The number of rotatable bonds is 6. The highest BCUT2D eigenvalue weighted by Crippen LogP contribution is 2.25. The van der Waals surface area contributed by atoms with Gasteiger partial charge >= 0.3 is 5.97 Å². The molecule has 0 fully saturated rings. The molecule has 0 saturated heterocycles. The van der Waals surface area contributed by atoms with E-state index < -0.39 is 40.3 Å². The average Bonchev–Trinajstić information content (AvgIpc) is 3.17. The summed E-state index contributed by atoms with van der Waals surface area (Å²) >= 11 is 0. The van der Waals surface area contributed by atoms with Gasteiger partial charge in [0.15, 0.2) is 6.61 Å². The van der Waals surface area contributed by atoms with Crippen molar-refractivity contribution in [1.29, 1.82) is 0 Å². The molecule has 0 atom stereocenters. The van der Waals surface area contributed by atoms with E-state index >= 15 is 0 Å². The molecule has 170 valence electrons. The Bertz CT molecular complexity index is 1330. The number of aliphatic imine (C=N–C) groups is 1. The first-order valence-corrected chi connectivity index (χ1v) is 11.2. The molecule has 11 nitrogen and oxygen atoms in total. The minimum atomic E-state index is -3.66. The van der Waals surface area contributed by atoms with Crippen LogP contribution >= 0.6 is 0 Å². The van der Waals surface area contributed by atoms with Crippen molar-refractivity contribution < 1.29 is 32.3 Å². The minimum Gasteiger partial charge on any atom is -0.456 e. The maximum absolute atomic E-state index is 12.1. The fourth-order valence-corrected chi connectivity index (χ4v) is 4.62. The number of nitrogens with zero attached hydrogens (tertiary/aromatic N) is 2. The molecule has 4 rings (SSSR count). The zero-order valence-electron chi connectivity index (χ0n) is 17.3. The first kappa shape index (κ1) is 22.1. The van der Waals surface area contributed by atoms with Crippen LogP contribution in [0.2, 0.25) is 0 Å². The summed E-state index contributed by atoms with van der Waals surface area (Å²) in [6.07, 6.45) is -0.164. The third kappa shape index (κ3) is 4.32. The number of hydrogen-bond acceptors (Lipinski definition) is 8. The van der Waals surface area contributed by atoms with E-state index in [9.17, 15) is 27.6 Å². The summed E-state index contributed by atoms with van der Waals surface area (Å²) in [6.45, 7) is -0.601. The molecule has 2 aromatic carbocycles. The normalized spacial score (nSPS) is 16.9. The third-order valence-electron chi connectivity index (χ3n) is 4.99. The van der Waals surface area contributed by atoms with Gasteiger partial charge < -0.3 is 10.1 Å². The van der Waals surface area contributed by atoms with Crippen molar-refractivity contribution in [3.63, 3.8) is 0 Å².